The van der Waals surface area contributed by atoms with Crippen molar-refractivity contribution in [3.63, 3.8) is 0 Å². The zero-order valence-electron chi connectivity index (χ0n) is 18.8. The summed E-state index contributed by atoms with van der Waals surface area (Å²) in [5.41, 5.74) is 5.92. The lowest BCUT2D eigenvalue weighted by Gasteiger charge is -2.29. The third-order valence-electron chi connectivity index (χ3n) is 4.90. The summed E-state index contributed by atoms with van der Waals surface area (Å²) in [6.45, 7) is 10.2. The van der Waals surface area contributed by atoms with Crippen LogP contribution < -0.4 is 21.7 Å². The highest BCUT2D eigenvalue weighted by molar-refractivity contribution is 5.94. The molecule has 0 spiro atoms. The van der Waals surface area contributed by atoms with Gasteiger partial charge in [-0.05, 0) is 24.2 Å². The number of carbonyl (C=O) groups is 4. The number of rotatable bonds is 13. The van der Waals surface area contributed by atoms with Crippen LogP contribution >= 0.6 is 0 Å². The van der Waals surface area contributed by atoms with E-state index >= 15 is 0 Å². The fourth-order valence-electron chi connectivity index (χ4n) is 2.80. The molecule has 0 aliphatic heterocycles. The molecule has 0 aromatic rings. The predicted octanol–water partition coefficient (Wildman–Crippen LogP) is -0.407. The van der Waals surface area contributed by atoms with E-state index in [0.29, 0.717) is 12.8 Å². The Hall–Kier alpha value is -2.20. The molecule has 0 bridgehead atoms. The zero-order chi connectivity index (χ0) is 23.6. The SMILES string of the molecule is CCC(C)C(NC(=O)C(N)CC(C)C)C(=O)NC(C(=O)NC(CO)C(=O)O)C(C)C. The monoisotopic (exact) mass is 430 g/mol. The van der Waals surface area contributed by atoms with Gasteiger partial charge in [0.2, 0.25) is 17.7 Å². The highest BCUT2D eigenvalue weighted by Gasteiger charge is 2.33. The van der Waals surface area contributed by atoms with E-state index in [1.165, 1.54) is 0 Å². The van der Waals surface area contributed by atoms with E-state index in [4.69, 9.17) is 15.9 Å². The van der Waals surface area contributed by atoms with Gasteiger partial charge in [0.25, 0.3) is 0 Å². The lowest BCUT2D eigenvalue weighted by atomic mass is 9.95. The van der Waals surface area contributed by atoms with Crippen molar-refractivity contribution in [2.45, 2.75) is 78.6 Å². The molecule has 0 fully saturated rings. The van der Waals surface area contributed by atoms with Gasteiger partial charge in [0, 0.05) is 0 Å². The van der Waals surface area contributed by atoms with E-state index < -0.39 is 54.5 Å². The van der Waals surface area contributed by atoms with Crippen molar-refractivity contribution in [1.29, 1.82) is 0 Å². The second kappa shape index (κ2) is 13.2. The summed E-state index contributed by atoms with van der Waals surface area (Å²) >= 11 is 0. The largest absolute Gasteiger partial charge is 0.480 e. The fourth-order valence-corrected chi connectivity index (χ4v) is 2.80. The quantitative estimate of drug-likeness (QED) is 0.231. The summed E-state index contributed by atoms with van der Waals surface area (Å²) in [5, 5.41) is 25.6. The van der Waals surface area contributed by atoms with Gasteiger partial charge in [0.15, 0.2) is 0 Å². The number of carboxylic acids is 1. The number of aliphatic carboxylic acids is 1. The van der Waals surface area contributed by atoms with Crippen molar-refractivity contribution in [2.24, 2.45) is 23.5 Å². The Morgan fingerprint density at radius 2 is 1.37 bits per heavy atom. The summed E-state index contributed by atoms with van der Waals surface area (Å²) in [6.07, 6.45) is 1.07. The molecule has 0 aliphatic carbocycles. The second-order valence-corrected chi connectivity index (χ2v) is 8.42. The highest BCUT2D eigenvalue weighted by atomic mass is 16.4. The first-order valence-electron chi connectivity index (χ1n) is 10.4. The van der Waals surface area contributed by atoms with Gasteiger partial charge < -0.3 is 31.9 Å². The van der Waals surface area contributed by atoms with Crippen LogP contribution in [0, 0.1) is 17.8 Å². The maximum atomic E-state index is 12.9. The Morgan fingerprint density at radius 3 is 1.77 bits per heavy atom. The number of amides is 3. The van der Waals surface area contributed by atoms with Crippen molar-refractivity contribution in [3.05, 3.63) is 0 Å². The Balaban J connectivity index is 5.39. The van der Waals surface area contributed by atoms with Crippen LogP contribution in [-0.4, -0.2) is 64.7 Å². The Labute approximate surface area is 178 Å². The molecular formula is C20H38N4O6. The third-order valence-corrected chi connectivity index (χ3v) is 4.90. The first-order valence-corrected chi connectivity index (χ1v) is 10.4. The number of carboxylic acid groups (broad SMARTS) is 1. The molecule has 0 aliphatic rings. The number of hydrogen-bond donors (Lipinski definition) is 6. The molecule has 5 atom stereocenters. The average molecular weight is 431 g/mol. The van der Waals surface area contributed by atoms with Crippen LogP contribution in [0.2, 0.25) is 0 Å². The van der Waals surface area contributed by atoms with Crippen molar-refractivity contribution in [1.82, 2.24) is 16.0 Å². The zero-order valence-corrected chi connectivity index (χ0v) is 18.8. The van der Waals surface area contributed by atoms with E-state index in [1.54, 1.807) is 20.8 Å². The Morgan fingerprint density at radius 1 is 0.867 bits per heavy atom. The number of aliphatic hydroxyl groups is 1. The lowest BCUT2D eigenvalue weighted by molar-refractivity contribution is -0.143. The number of aliphatic hydroxyl groups excluding tert-OH is 1. The first kappa shape index (κ1) is 27.8. The summed E-state index contributed by atoms with van der Waals surface area (Å²) < 4.78 is 0. The summed E-state index contributed by atoms with van der Waals surface area (Å²) in [4.78, 5) is 48.9. The van der Waals surface area contributed by atoms with E-state index in [1.807, 2.05) is 20.8 Å². The summed E-state index contributed by atoms with van der Waals surface area (Å²) in [7, 11) is 0. The molecule has 0 radical (unpaired) electrons. The minimum Gasteiger partial charge on any atom is -0.480 e. The smallest absolute Gasteiger partial charge is 0.328 e. The van der Waals surface area contributed by atoms with Crippen molar-refractivity contribution in [3.8, 4) is 0 Å². The molecule has 0 aromatic carbocycles. The molecule has 10 heteroatoms. The molecule has 0 saturated carbocycles. The normalized spacial score (nSPS) is 16.3. The topological polar surface area (TPSA) is 171 Å². The summed E-state index contributed by atoms with van der Waals surface area (Å²) in [5.74, 6) is -3.49. The van der Waals surface area contributed by atoms with Crippen LogP contribution in [0.3, 0.4) is 0 Å². The molecule has 10 nitrogen and oxygen atoms in total. The van der Waals surface area contributed by atoms with Crippen LogP contribution in [-0.2, 0) is 19.2 Å². The molecule has 0 rings (SSSR count). The van der Waals surface area contributed by atoms with Gasteiger partial charge in [0.05, 0.1) is 12.6 Å². The number of carbonyl (C=O) groups excluding carboxylic acids is 3. The van der Waals surface area contributed by atoms with Crippen molar-refractivity contribution >= 4 is 23.7 Å². The molecule has 7 N–H and O–H groups in total. The van der Waals surface area contributed by atoms with Crippen LogP contribution in [0.25, 0.3) is 0 Å². The van der Waals surface area contributed by atoms with Crippen LogP contribution in [0.4, 0.5) is 0 Å². The number of nitrogens with two attached hydrogens (primary N) is 1. The molecule has 3 amide bonds. The van der Waals surface area contributed by atoms with Gasteiger partial charge in [-0.1, -0.05) is 48.0 Å². The van der Waals surface area contributed by atoms with E-state index in [2.05, 4.69) is 16.0 Å². The first-order chi connectivity index (χ1) is 13.8. The number of nitrogens with one attached hydrogen (secondary N) is 3. The molecule has 0 saturated heterocycles. The van der Waals surface area contributed by atoms with Crippen LogP contribution in [0.5, 0.6) is 0 Å². The molecule has 0 aromatic heterocycles. The Kier molecular flexibility index (Phi) is 12.2. The molecule has 0 heterocycles. The van der Waals surface area contributed by atoms with Gasteiger partial charge >= 0.3 is 5.97 Å². The third kappa shape index (κ3) is 9.08. The molecule has 30 heavy (non-hydrogen) atoms. The lowest BCUT2D eigenvalue weighted by Crippen LogP contribution is -2.60. The minimum absolute atomic E-state index is 0.212. The molecule has 5 unspecified atom stereocenters. The van der Waals surface area contributed by atoms with Gasteiger partial charge in [-0.3, -0.25) is 14.4 Å². The van der Waals surface area contributed by atoms with Crippen molar-refractivity contribution < 1.29 is 29.4 Å². The van der Waals surface area contributed by atoms with Gasteiger partial charge in [-0.15, -0.1) is 0 Å². The highest BCUT2D eigenvalue weighted by Crippen LogP contribution is 2.12. The maximum Gasteiger partial charge on any atom is 0.328 e. The average Bonchev–Trinajstić information content (AvgIpc) is 2.65. The predicted molar refractivity (Wildman–Crippen MR) is 112 cm³/mol. The van der Waals surface area contributed by atoms with Gasteiger partial charge in [-0.2, -0.15) is 0 Å². The van der Waals surface area contributed by atoms with E-state index in [0.717, 1.165) is 0 Å². The van der Waals surface area contributed by atoms with Gasteiger partial charge in [-0.25, -0.2) is 4.79 Å². The standard InChI is InChI=1S/C20H38N4O6/c1-7-12(6)16(24-17(26)13(21)8-10(2)3)19(28)23-15(11(4)5)18(27)22-14(9-25)20(29)30/h10-16,25H,7-9,21H2,1-6H3,(H,22,27)(H,23,28)(H,24,26)(H,29,30). The van der Waals surface area contributed by atoms with Gasteiger partial charge in [0.1, 0.15) is 18.1 Å². The number of hydrogen-bond acceptors (Lipinski definition) is 6. The maximum absolute atomic E-state index is 12.9. The Bertz CT molecular complexity index is 596. The molecular weight excluding hydrogens is 392 g/mol. The van der Waals surface area contributed by atoms with E-state index in [9.17, 15) is 19.2 Å². The van der Waals surface area contributed by atoms with Crippen LogP contribution in [0.1, 0.15) is 54.4 Å². The molecule has 174 valence electrons. The van der Waals surface area contributed by atoms with E-state index in [-0.39, 0.29) is 17.8 Å². The summed E-state index contributed by atoms with van der Waals surface area (Å²) in [6, 6.07) is -4.18. The van der Waals surface area contributed by atoms with Crippen molar-refractivity contribution in [2.75, 3.05) is 6.61 Å². The fraction of sp³-hybridized carbons (Fsp3) is 0.800. The minimum atomic E-state index is -1.48. The second-order valence-electron chi connectivity index (χ2n) is 8.42. The van der Waals surface area contributed by atoms with Crippen LogP contribution in [0.15, 0.2) is 0 Å².